The molecule has 0 aliphatic heterocycles. The molecule has 0 fully saturated rings. The van der Waals surface area contributed by atoms with Crippen LogP contribution in [-0.2, 0) is 5.75 Å². The lowest BCUT2D eigenvalue weighted by molar-refractivity contribution is 0.296. The van der Waals surface area contributed by atoms with Crippen LogP contribution in [0.25, 0.3) is 11.5 Å². The van der Waals surface area contributed by atoms with Crippen LogP contribution in [0.5, 0.6) is 0 Å². The van der Waals surface area contributed by atoms with Crippen molar-refractivity contribution >= 4 is 27.7 Å². The van der Waals surface area contributed by atoms with Crippen molar-refractivity contribution in [1.82, 2.24) is 10.2 Å². The predicted molar refractivity (Wildman–Crippen MR) is 75.3 cm³/mol. The molecule has 0 spiro atoms. The van der Waals surface area contributed by atoms with Gasteiger partial charge in [-0.05, 0) is 40.2 Å². The number of nitrogens with zero attached hydrogens (tertiary/aromatic N) is 2. The lowest BCUT2D eigenvalue weighted by atomic mass is 10.2. The fraction of sp³-hybridized carbons (Fsp3) is 0.333. The molecular formula is C12H13BrN2O2S. The predicted octanol–water partition coefficient (Wildman–Crippen LogP) is 3.11. The minimum atomic E-state index is 0.221. The third-order valence-corrected chi connectivity index (χ3v) is 3.96. The second kappa shape index (κ2) is 6.92. The Morgan fingerprint density at radius 3 is 2.89 bits per heavy atom. The maximum atomic E-state index is 8.68. The molecule has 0 bridgehead atoms. The molecule has 0 aliphatic carbocycles. The third-order valence-electron chi connectivity index (χ3n) is 2.24. The number of hydrogen-bond donors (Lipinski definition) is 1. The first-order valence-electron chi connectivity index (χ1n) is 5.57. The molecule has 0 saturated carbocycles. The number of aliphatic hydroxyl groups is 1. The highest BCUT2D eigenvalue weighted by Crippen LogP contribution is 2.27. The number of benzene rings is 1. The van der Waals surface area contributed by atoms with Crippen molar-refractivity contribution in [3.8, 4) is 11.5 Å². The second-order valence-corrected chi connectivity index (χ2v) is 5.57. The number of hydrogen-bond acceptors (Lipinski definition) is 5. The Morgan fingerprint density at radius 1 is 1.28 bits per heavy atom. The minimum Gasteiger partial charge on any atom is -0.420 e. The average molecular weight is 329 g/mol. The summed E-state index contributed by atoms with van der Waals surface area (Å²) in [5, 5.41) is 16.7. The lowest BCUT2D eigenvalue weighted by Gasteiger charge is -1.97. The molecule has 6 heteroatoms. The van der Waals surface area contributed by atoms with Gasteiger partial charge in [0.2, 0.25) is 11.8 Å². The number of halogens is 1. The summed E-state index contributed by atoms with van der Waals surface area (Å²) < 4.78 is 6.53. The van der Waals surface area contributed by atoms with Crippen molar-refractivity contribution in [2.75, 3.05) is 12.4 Å². The van der Waals surface area contributed by atoms with E-state index in [0.717, 1.165) is 22.2 Å². The molecule has 2 rings (SSSR count). The molecule has 0 radical (unpaired) electrons. The molecule has 1 aromatic carbocycles. The van der Waals surface area contributed by atoms with Gasteiger partial charge in [0, 0.05) is 11.1 Å². The van der Waals surface area contributed by atoms with Crippen LogP contribution in [-0.4, -0.2) is 27.7 Å². The van der Waals surface area contributed by atoms with Crippen molar-refractivity contribution < 1.29 is 9.52 Å². The fourth-order valence-corrected chi connectivity index (χ4v) is 2.60. The van der Waals surface area contributed by atoms with Crippen molar-refractivity contribution in [2.45, 2.75) is 12.2 Å². The van der Waals surface area contributed by atoms with Gasteiger partial charge in [0.25, 0.3) is 0 Å². The monoisotopic (exact) mass is 328 g/mol. The molecule has 0 aliphatic rings. The standard InChI is InChI=1S/C12H13BrN2O2S/c13-10-5-2-1-4-9(10)12-15-14-11(17-12)8-18-7-3-6-16/h1-2,4-5,16H,3,6-8H2. The van der Waals surface area contributed by atoms with Gasteiger partial charge in [-0.15, -0.1) is 10.2 Å². The molecule has 96 valence electrons. The van der Waals surface area contributed by atoms with Crippen LogP contribution in [0, 0.1) is 0 Å². The van der Waals surface area contributed by atoms with Crippen molar-refractivity contribution in [2.24, 2.45) is 0 Å². The molecule has 1 N–H and O–H groups in total. The Labute approximate surface area is 118 Å². The topological polar surface area (TPSA) is 59.2 Å². The molecule has 0 unspecified atom stereocenters. The van der Waals surface area contributed by atoms with Crippen molar-refractivity contribution in [3.63, 3.8) is 0 Å². The number of thioether (sulfide) groups is 1. The van der Waals surface area contributed by atoms with Crippen LogP contribution in [0.3, 0.4) is 0 Å². The molecule has 0 atom stereocenters. The van der Waals surface area contributed by atoms with E-state index in [1.54, 1.807) is 11.8 Å². The van der Waals surface area contributed by atoms with Crippen LogP contribution >= 0.6 is 27.7 Å². The smallest absolute Gasteiger partial charge is 0.248 e. The van der Waals surface area contributed by atoms with Crippen molar-refractivity contribution in [3.05, 3.63) is 34.6 Å². The quantitative estimate of drug-likeness (QED) is 0.825. The Morgan fingerprint density at radius 2 is 2.11 bits per heavy atom. The van der Waals surface area contributed by atoms with E-state index in [9.17, 15) is 0 Å². The third kappa shape index (κ3) is 3.57. The largest absolute Gasteiger partial charge is 0.420 e. The van der Waals surface area contributed by atoms with Gasteiger partial charge >= 0.3 is 0 Å². The molecule has 0 amide bonds. The highest BCUT2D eigenvalue weighted by molar-refractivity contribution is 9.10. The van der Waals surface area contributed by atoms with E-state index in [2.05, 4.69) is 26.1 Å². The number of aliphatic hydroxyl groups excluding tert-OH is 1. The van der Waals surface area contributed by atoms with Crippen LogP contribution in [0.15, 0.2) is 33.2 Å². The molecule has 0 saturated heterocycles. The number of rotatable bonds is 6. The van der Waals surface area contributed by atoms with E-state index in [4.69, 9.17) is 9.52 Å². The van der Waals surface area contributed by atoms with E-state index in [0.29, 0.717) is 17.5 Å². The van der Waals surface area contributed by atoms with Crippen LogP contribution in [0.4, 0.5) is 0 Å². The highest BCUT2D eigenvalue weighted by atomic mass is 79.9. The SMILES string of the molecule is OCCCSCc1nnc(-c2ccccc2Br)o1. The number of aromatic nitrogens is 2. The minimum absolute atomic E-state index is 0.221. The lowest BCUT2D eigenvalue weighted by Crippen LogP contribution is -1.87. The molecule has 1 aromatic heterocycles. The summed E-state index contributed by atoms with van der Waals surface area (Å²) in [6, 6.07) is 7.74. The zero-order valence-electron chi connectivity index (χ0n) is 9.67. The van der Waals surface area contributed by atoms with E-state index in [1.807, 2.05) is 24.3 Å². The van der Waals surface area contributed by atoms with Gasteiger partial charge in [-0.3, -0.25) is 0 Å². The molecule has 1 heterocycles. The summed E-state index contributed by atoms with van der Waals surface area (Å²) in [5.41, 5.74) is 0.900. The van der Waals surface area contributed by atoms with Gasteiger partial charge in [-0.1, -0.05) is 12.1 Å². The maximum absolute atomic E-state index is 8.68. The Kier molecular flexibility index (Phi) is 5.22. The van der Waals surface area contributed by atoms with Gasteiger partial charge in [0.05, 0.1) is 11.3 Å². The van der Waals surface area contributed by atoms with Gasteiger partial charge in [0.1, 0.15) is 0 Å². The van der Waals surface area contributed by atoms with E-state index < -0.39 is 0 Å². The molecule has 2 aromatic rings. The fourth-order valence-electron chi connectivity index (χ4n) is 1.38. The van der Waals surface area contributed by atoms with E-state index in [-0.39, 0.29) is 6.61 Å². The van der Waals surface area contributed by atoms with Crippen LogP contribution in [0.2, 0.25) is 0 Å². The Balaban J connectivity index is 2.00. The first-order valence-corrected chi connectivity index (χ1v) is 7.52. The summed E-state index contributed by atoms with van der Waals surface area (Å²) in [6.45, 7) is 0.221. The summed E-state index contributed by atoms with van der Waals surface area (Å²) in [7, 11) is 0. The normalized spacial score (nSPS) is 10.8. The van der Waals surface area contributed by atoms with Crippen LogP contribution in [0.1, 0.15) is 12.3 Å². The average Bonchev–Trinajstić information content (AvgIpc) is 2.84. The Bertz CT molecular complexity index is 504. The van der Waals surface area contributed by atoms with Gasteiger partial charge in [-0.25, -0.2) is 0 Å². The summed E-state index contributed by atoms with van der Waals surface area (Å²) in [4.78, 5) is 0. The summed E-state index contributed by atoms with van der Waals surface area (Å²) >= 11 is 5.13. The summed E-state index contributed by atoms with van der Waals surface area (Å²) in [6.07, 6.45) is 0.788. The first kappa shape index (κ1) is 13.6. The summed E-state index contributed by atoms with van der Waals surface area (Å²) in [5.74, 6) is 2.71. The van der Waals surface area contributed by atoms with Gasteiger partial charge in [0.15, 0.2) is 0 Å². The Hall–Kier alpha value is -0.850. The molecule has 18 heavy (non-hydrogen) atoms. The zero-order valence-corrected chi connectivity index (χ0v) is 12.1. The highest BCUT2D eigenvalue weighted by Gasteiger charge is 2.10. The maximum Gasteiger partial charge on any atom is 0.248 e. The van der Waals surface area contributed by atoms with Gasteiger partial charge < -0.3 is 9.52 Å². The second-order valence-electron chi connectivity index (χ2n) is 3.61. The van der Waals surface area contributed by atoms with Crippen molar-refractivity contribution in [1.29, 1.82) is 0 Å². The zero-order chi connectivity index (χ0) is 12.8. The van der Waals surface area contributed by atoms with Crippen LogP contribution < -0.4 is 0 Å². The van der Waals surface area contributed by atoms with Gasteiger partial charge in [-0.2, -0.15) is 11.8 Å². The molecule has 4 nitrogen and oxygen atoms in total. The molecular weight excluding hydrogens is 316 g/mol. The van der Waals surface area contributed by atoms with E-state index >= 15 is 0 Å². The van der Waals surface area contributed by atoms with E-state index in [1.165, 1.54) is 0 Å². The first-order chi connectivity index (χ1) is 8.81.